The number of carbonyl (C=O) groups excluding carboxylic acids is 1. The molecule has 1 aromatic heterocycles. The molecule has 10 heteroatoms. The molecule has 0 radical (unpaired) electrons. The predicted octanol–water partition coefficient (Wildman–Crippen LogP) is 2.70. The van der Waals surface area contributed by atoms with Crippen molar-refractivity contribution in [3.8, 4) is 0 Å². The van der Waals surface area contributed by atoms with Gasteiger partial charge in [-0.05, 0) is 30.3 Å². The molecule has 0 unspecified atom stereocenters. The first-order chi connectivity index (χ1) is 13.9. The average Bonchev–Trinajstić information content (AvgIpc) is 3.24. The summed E-state index contributed by atoms with van der Waals surface area (Å²) >= 11 is 0. The fraction of sp³-hybridized carbons (Fsp3) is 0.105. The van der Waals surface area contributed by atoms with E-state index >= 15 is 0 Å². The van der Waals surface area contributed by atoms with Crippen LogP contribution in [0.25, 0.3) is 0 Å². The van der Waals surface area contributed by atoms with Crippen molar-refractivity contribution in [1.29, 1.82) is 0 Å². The normalized spacial score (nSPS) is 11.0. The lowest BCUT2D eigenvalue weighted by atomic mass is 10.3. The predicted molar refractivity (Wildman–Crippen MR) is 105 cm³/mol. The molecule has 150 valence electrons. The summed E-state index contributed by atoms with van der Waals surface area (Å²) in [5, 5.41) is 13.9. The lowest BCUT2D eigenvalue weighted by Crippen LogP contribution is -2.40. The highest BCUT2D eigenvalue weighted by atomic mass is 32.2. The zero-order chi connectivity index (χ0) is 20.9. The number of sulfonamides is 1. The molecule has 1 amide bonds. The van der Waals surface area contributed by atoms with Gasteiger partial charge in [0.2, 0.25) is 5.91 Å². The van der Waals surface area contributed by atoms with Crippen LogP contribution in [0.15, 0.2) is 82.3 Å². The van der Waals surface area contributed by atoms with Crippen LogP contribution in [-0.4, -0.2) is 25.8 Å². The molecule has 2 aromatic carbocycles. The molecule has 9 nitrogen and oxygen atoms in total. The standard InChI is InChI=1S/C19H17N3O6S/c23-19(20-13-16-9-6-12-28-16)14-21(15-7-2-1-3-8-15)29(26,27)18-11-5-4-10-17(18)22(24)25/h1-12H,13-14H2,(H,20,23). The number of anilines is 1. The Hall–Kier alpha value is -3.66. The number of furan rings is 1. The molecule has 1 heterocycles. The zero-order valence-electron chi connectivity index (χ0n) is 15.1. The molecular formula is C19H17N3O6S. The maximum absolute atomic E-state index is 13.2. The molecule has 0 saturated carbocycles. The molecule has 3 aromatic rings. The van der Waals surface area contributed by atoms with Gasteiger partial charge in [-0.1, -0.05) is 30.3 Å². The molecule has 29 heavy (non-hydrogen) atoms. The highest BCUT2D eigenvalue weighted by Gasteiger charge is 2.32. The van der Waals surface area contributed by atoms with E-state index in [0.29, 0.717) is 5.76 Å². The summed E-state index contributed by atoms with van der Waals surface area (Å²) in [5.41, 5.74) is -0.358. The molecule has 0 aliphatic heterocycles. The van der Waals surface area contributed by atoms with Gasteiger partial charge in [0.25, 0.3) is 15.7 Å². The van der Waals surface area contributed by atoms with Crippen LogP contribution < -0.4 is 9.62 Å². The number of rotatable bonds is 8. The molecule has 0 bridgehead atoms. The second kappa shape index (κ2) is 8.57. The van der Waals surface area contributed by atoms with Crippen LogP contribution in [0.1, 0.15) is 5.76 Å². The lowest BCUT2D eigenvalue weighted by Gasteiger charge is -2.23. The van der Waals surface area contributed by atoms with Crippen molar-refractivity contribution >= 4 is 27.3 Å². The van der Waals surface area contributed by atoms with Gasteiger partial charge in [-0.2, -0.15) is 0 Å². The second-order valence-corrected chi connectivity index (χ2v) is 7.76. The molecule has 0 spiro atoms. The minimum atomic E-state index is -4.39. The van der Waals surface area contributed by atoms with Crippen molar-refractivity contribution in [2.45, 2.75) is 11.4 Å². The van der Waals surface area contributed by atoms with E-state index in [-0.39, 0.29) is 12.2 Å². The molecule has 1 N–H and O–H groups in total. The summed E-state index contributed by atoms with van der Waals surface area (Å²) < 4.78 is 32.5. The second-order valence-electron chi connectivity index (χ2n) is 5.93. The summed E-state index contributed by atoms with van der Waals surface area (Å²) in [6, 6.07) is 16.3. The van der Waals surface area contributed by atoms with Crippen molar-refractivity contribution in [2.75, 3.05) is 10.8 Å². The number of hydrogen-bond acceptors (Lipinski definition) is 6. The van der Waals surface area contributed by atoms with Crippen LogP contribution in [0.4, 0.5) is 11.4 Å². The van der Waals surface area contributed by atoms with Crippen LogP contribution in [0.2, 0.25) is 0 Å². The van der Waals surface area contributed by atoms with Crippen LogP contribution >= 0.6 is 0 Å². The van der Waals surface area contributed by atoms with E-state index in [1.165, 1.54) is 30.5 Å². The van der Waals surface area contributed by atoms with Gasteiger partial charge in [0, 0.05) is 6.07 Å². The van der Waals surface area contributed by atoms with E-state index in [1.54, 1.807) is 30.3 Å². The average molecular weight is 415 g/mol. The minimum absolute atomic E-state index is 0.0833. The van der Waals surface area contributed by atoms with Crippen LogP contribution in [0, 0.1) is 10.1 Å². The number of para-hydroxylation sites is 2. The highest BCUT2D eigenvalue weighted by molar-refractivity contribution is 7.93. The Balaban J connectivity index is 1.93. The Morgan fingerprint density at radius 1 is 1.03 bits per heavy atom. The molecule has 0 atom stereocenters. The van der Waals surface area contributed by atoms with E-state index < -0.39 is 38.0 Å². The number of hydrogen-bond donors (Lipinski definition) is 1. The molecule has 3 rings (SSSR count). The Labute approximate surface area is 166 Å². The molecule has 0 aliphatic rings. The van der Waals surface area contributed by atoms with Crippen LogP contribution in [0.5, 0.6) is 0 Å². The smallest absolute Gasteiger partial charge is 0.289 e. The number of amides is 1. The number of nitrogens with one attached hydrogen (secondary N) is 1. The van der Waals surface area contributed by atoms with Gasteiger partial charge in [-0.3, -0.25) is 19.2 Å². The largest absolute Gasteiger partial charge is 0.467 e. The summed E-state index contributed by atoms with van der Waals surface area (Å²) in [7, 11) is -4.39. The molecule has 0 fully saturated rings. The van der Waals surface area contributed by atoms with E-state index in [4.69, 9.17) is 4.42 Å². The number of carbonyl (C=O) groups is 1. The number of nitro groups is 1. The first-order valence-electron chi connectivity index (χ1n) is 8.50. The van der Waals surface area contributed by atoms with Gasteiger partial charge in [0.05, 0.1) is 23.4 Å². The maximum Gasteiger partial charge on any atom is 0.289 e. The zero-order valence-corrected chi connectivity index (χ0v) is 15.9. The monoisotopic (exact) mass is 415 g/mol. The summed E-state index contributed by atoms with van der Waals surface area (Å²) in [5.74, 6) is -0.0847. The van der Waals surface area contributed by atoms with Crippen LogP contribution in [0.3, 0.4) is 0 Å². The quantitative estimate of drug-likeness (QED) is 0.446. The van der Waals surface area contributed by atoms with Gasteiger partial charge in [-0.25, -0.2) is 8.42 Å². The third-order valence-electron chi connectivity index (χ3n) is 4.00. The number of benzene rings is 2. The fourth-order valence-corrected chi connectivity index (χ4v) is 4.22. The molecule has 0 aliphatic carbocycles. The van der Waals surface area contributed by atoms with Crippen molar-refractivity contribution in [3.63, 3.8) is 0 Å². The summed E-state index contributed by atoms with van der Waals surface area (Å²) in [6.07, 6.45) is 1.46. The molecular weight excluding hydrogens is 398 g/mol. The van der Waals surface area contributed by atoms with Crippen LogP contribution in [-0.2, 0) is 21.4 Å². The van der Waals surface area contributed by atoms with E-state index in [2.05, 4.69) is 5.32 Å². The van der Waals surface area contributed by atoms with Gasteiger partial charge >= 0.3 is 0 Å². The Morgan fingerprint density at radius 3 is 2.38 bits per heavy atom. The van der Waals surface area contributed by atoms with E-state index in [9.17, 15) is 23.3 Å². The SMILES string of the molecule is O=C(CN(c1ccccc1)S(=O)(=O)c1ccccc1[N+](=O)[O-])NCc1ccco1. The number of nitro benzene ring substituents is 1. The third-order valence-corrected chi connectivity index (χ3v) is 5.82. The van der Waals surface area contributed by atoms with Gasteiger partial charge in [0.15, 0.2) is 4.90 Å². The maximum atomic E-state index is 13.2. The van der Waals surface area contributed by atoms with Gasteiger partial charge < -0.3 is 9.73 Å². The highest BCUT2D eigenvalue weighted by Crippen LogP contribution is 2.29. The van der Waals surface area contributed by atoms with Crippen molar-refractivity contribution in [1.82, 2.24) is 5.32 Å². The summed E-state index contributed by atoms with van der Waals surface area (Å²) in [6.45, 7) is -0.473. The topological polar surface area (TPSA) is 123 Å². The van der Waals surface area contributed by atoms with E-state index in [1.807, 2.05) is 0 Å². The van der Waals surface area contributed by atoms with Gasteiger partial charge in [0.1, 0.15) is 12.3 Å². The third kappa shape index (κ3) is 4.61. The first-order valence-corrected chi connectivity index (χ1v) is 9.94. The summed E-state index contributed by atoms with van der Waals surface area (Å²) in [4.78, 5) is 22.5. The van der Waals surface area contributed by atoms with Crippen molar-refractivity contribution < 1.29 is 22.6 Å². The van der Waals surface area contributed by atoms with Crippen molar-refractivity contribution in [3.05, 3.63) is 88.9 Å². The van der Waals surface area contributed by atoms with Crippen molar-refractivity contribution in [2.24, 2.45) is 0 Å². The Kier molecular flexibility index (Phi) is 5.93. The lowest BCUT2D eigenvalue weighted by molar-refractivity contribution is -0.387. The fourth-order valence-electron chi connectivity index (χ4n) is 2.64. The minimum Gasteiger partial charge on any atom is -0.467 e. The molecule has 0 saturated heterocycles. The Morgan fingerprint density at radius 2 is 1.72 bits per heavy atom. The Bertz CT molecular complexity index is 1100. The first kappa shape index (κ1) is 20.1. The number of nitrogens with zero attached hydrogens (tertiary/aromatic N) is 2. The van der Waals surface area contributed by atoms with Gasteiger partial charge in [-0.15, -0.1) is 0 Å². The van der Waals surface area contributed by atoms with E-state index in [0.717, 1.165) is 16.4 Å².